The number of nitrogens with one attached hydrogen (secondary N) is 2. The number of alkyl halides is 3. The number of hydrogen-bond acceptors (Lipinski definition) is 6. The summed E-state index contributed by atoms with van der Waals surface area (Å²) in [7, 11) is 1.87. The van der Waals surface area contributed by atoms with E-state index >= 15 is 0 Å². The maximum Gasteiger partial charge on any atom is 0.522 e. The van der Waals surface area contributed by atoms with E-state index in [0.29, 0.717) is 36.6 Å². The second-order valence-electron chi connectivity index (χ2n) is 9.82. The van der Waals surface area contributed by atoms with Crippen LogP contribution in [0.15, 0.2) is 18.2 Å². The lowest BCUT2D eigenvalue weighted by Crippen LogP contribution is -2.84. The molecule has 2 amide bonds. The molecule has 1 aromatic rings. The molecule has 8 nitrogen and oxygen atoms in total. The van der Waals surface area contributed by atoms with Crippen LogP contribution in [0, 0.1) is 0 Å². The zero-order valence-electron chi connectivity index (χ0n) is 18.4. The smallest absolute Gasteiger partial charge is 0.477 e. The molecule has 6 rings (SSSR count). The van der Waals surface area contributed by atoms with Crippen LogP contribution in [0.25, 0.3) is 0 Å². The van der Waals surface area contributed by atoms with E-state index < -0.39 is 24.7 Å². The van der Waals surface area contributed by atoms with Crippen molar-refractivity contribution in [3.63, 3.8) is 0 Å². The van der Waals surface area contributed by atoms with Crippen molar-refractivity contribution in [3.05, 3.63) is 23.2 Å². The second-order valence-corrected chi connectivity index (χ2v) is 10.3. The summed E-state index contributed by atoms with van der Waals surface area (Å²) in [5, 5.41) is 6.61. The van der Waals surface area contributed by atoms with Crippen LogP contribution in [0.1, 0.15) is 32.1 Å². The predicted octanol–water partition coefficient (Wildman–Crippen LogP) is 2.53. The van der Waals surface area contributed by atoms with Crippen LogP contribution in [0.5, 0.6) is 5.75 Å². The van der Waals surface area contributed by atoms with E-state index in [9.17, 15) is 22.8 Å². The molecule has 4 fully saturated rings. The van der Waals surface area contributed by atoms with Gasteiger partial charge in [-0.1, -0.05) is 11.6 Å². The maximum absolute atomic E-state index is 12.8. The molecule has 4 saturated carbocycles. The molecule has 12 heteroatoms. The number of anilines is 1. The highest BCUT2D eigenvalue weighted by Gasteiger charge is 2.69. The number of fused-ring (bicyclic) bond motifs is 1. The number of likely N-dealkylation sites (N-methyl/N-ethyl adjacent to an activating group) is 1. The first-order valence-electron chi connectivity index (χ1n) is 11.1. The number of carbonyl (C=O) groups excluding carboxylic acids is 2. The van der Waals surface area contributed by atoms with Gasteiger partial charge in [0.25, 0.3) is 5.91 Å². The van der Waals surface area contributed by atoms with E-state index in [0.717, 1.165) is 5.69 Å². The summed E-state index contributed by atoms with van der Waals surface area (Å²) < 4.78 is 51.6. The molecule has 1 aromatic carbocycles. The minimum atomic E-state index is -4.65. The molecule has 1 heterocycles. The largest absolute Gasteiger partial charge is 0.522 e. The van der Waals surface area contributed by atoms with Gasteiger partial charge < -0.3 is 25.0 Å². The lowest BCUT2D eigenvalue weighted by molar-refractivity contribution is -0.357. The molecular formula is C22H25ClF3N3O5. The summed E-state index contributed by atoms with van der Waals surface area (Å²) in [5.74, 6) is 0.0886. The Kier molecular flexibility index (Phi) is 5.64. The Balaban J connectivity index is 1.03. The molecule has 186 valence electrons. The van der Waals surface area contributed by atoms with Gasteiger partial charge in [-0.3, -0.25) is 14.3 Å². The first-order valence-corrected chi connectivity index (χ1v) is 11.5. The van der Waals surface area contributed by atoms with Gasteiger partial charge in [0.2, 0.25) is 5.91 Å². The van der Waals surface area contributed by atoms with Crippen LogP contribution >= 0.6 is 11.6 Å². The summed E-state index contributed by atoms with van der Waals surface area (Å²) in [6.45, 7) is 0.181. The normalized spacial score (nSPS) is 33.4. The van der Waals surface area contributed by atoms with Gasteiger partial charge in [0.15, 0.2) is 6.10 Å². The second kappa shape index (κ2) is 8.17. The lowest BCUT2D eigenvalue weighted by atomic mass is 9.44. The first kappa shape index (κ1) is 23.5. The molecule has 0 radical (unpaired) electrons. The van der Waals surface area contributed by atoms with Crippen LogP contribution in [0.2, 0.25) is 5.02 Å². The summed E-state index contributed by atoms with van der Waals surface area (Å²) in [6, 6.07) is 5.25. The summed E-state index contributed by atoms with van der Waals surface area (Å²) in [5.41, 5.74) is 0.128. The van der Waals surface area contributed by atoms with E-state index in [4.69, 9.17) is 21.1 Å². The Hall–Kier alpha value is -2.24. The molecule has 2 N–H and O–H groups in total. The third kappa shape index (κ3) is 4.65. The average Bonchev–Trinajstić information content (AvgIpc) is 2.66. The fraction of sp³-hybridized carbons (Fsp3) is 0.636. The fourth-order valence-corrected chi connectivity index (χ4v) is 5.59. The van der Waals surface area contributed by atoms with Crippen LogP contribution in [-0.2, 0) is 19.1 Å². The minimum Gasteiger partial charge on any atom is -0.477 e. The molecule has 4 aliphatic carbocycles. The zero-order valence-corrected chi connectivity index (χ0v) is 19.2. The minimum absolute atomic E-state index is 0.114. The van der Waals surface area contributed by atoms with Crippen LogP contribution < -0.4 is 20.3 Å². The van der Waals surface area contributed by atoms with Crippen LogP contribution in [-0.4, -0.2) is 67.8 Å². The number of rotatable bonds is 7. The highest BCUT2D eigenvalue weighted by atomic mass is 35.5. The Morgan fingerprint density at radius 1 is 1.18 bits per heavy atom. The van der Waals surface area contributed by atoms with E-state index in [1.54, 1.807) is 18.2 Å². The molecular weight excluding hydrogens is 479 g/mol. The van der Waals surface area contributed by atoms with E-state index in [2.05, 4.69) is 15.4 Å². The van der Waals surface area contributed by atoms with E-state index in [1.807, 2.05) is 11.9 Å². The van der Waals surface area contributed by atoms with Crippen molar-refractivity contribution in [2.24, 2.45) is 0 Å². The topological polar surface area (TPSA) is 89.1 Å². The Bertz CT molecular complexity index is 981. The van der Waals surface area contributed by atoms with Crippen molar-refractivity contribution < 1.29 is 37.0 Å². The van der Waals surface area contributed by atoms with E-state index in [-0.39, 0.29) is 42.3 Å². The molecule has 0 spiro atoms. The number of halogens is 4. The van der Waals surface area contributed by atoms with Gasteiger partial charge in [-0.05, 0) is 37.5 Å². The monoisotopic (exact) mass is 503 g/mol. The predicted molar refractivity (Wildman–Crippen MR) is 115 cm³/mol. The van der Waals surface area contributed by atoms with Crippen LogP contribution in [0.3, 0.4) is 0 Å². The Morgan fingerprint density at radius 3 is 2.53 bits per heavy atom. The number of benzene rings is 1. The fourth-order valence-electron chi connectivity index (χ4n) is 5.42. The van der Waals surface area contributed by atoms with Gasteiger partial charge in [-0.15, -0.1) is 13.2 Å². The highest BCUT2D eigenvalue weighted by Crippen LogP contribution is 2.60. The van der Waals surface area contributed by atoms with Crippen molar-refractivity contribution in [1.29, 1.82) is 0 Å². The maximum atomic E-state index is 12.8. The third-order valence-electron chi connectivity index (χ3n) is 6.96. The zero-order chi connectivity index (χ0) is 24.3. The molecule has 1 atom stereocenters. The van der Waals surface area contributed by atoms with Gasteiger partial charge in [-0.25, -0.2) is 0 Å². The van der Waals surface area contributed by atoms with Crippen molar-refractivity contribution >= 4 is 29.1 Å². The van der Waals surface area contributed by atoms with Crippen molar-refractivity contribution in [2.45, 2.75) is 67.9 Å². The average molecular weight is 504 g/mol. The summed E-state index contributed by atoms with van der Waals surface area (Å²) in [4.78, 5) is 27.0. The van der Waals surface area contributed by atoms with Crippen molar-refractivity contribution in [1.82, 2.24) is 10.6 Å². The molecule has 5 aliphatic rings. The molecule has 1 unspecified atom stereocenters. The number of hydrogen-bond donors (Lipinski definition) is 2. The molecule has 1 aliphatic heterocycles. The van der Waals surface area contributed by atoms with Crippen LogP contribution in [0.4, 0.5) is 18.9 Å². The van der Waals surface area contributed by atoms with Gasteiger partial charge in [0.05, 0.1) is 24.4 Å². The quantitative estimate of drug-likeness (QED) is 0.594. The first-order chi connectivity index (χ1) is 15.9. The summed E-state index contributed by atoms with van der Waals surface area (Å²) >= 11 is 6.04. The Morgan fingerprint density at radius 2 is 1.85 bits per heavy atom. The molecule has 0 saturated heterocycles. The lowest BCUT2D eigenvalue weighted by Gasteiger charge is -2.70. The van der Waals surface area contributed by atoms with Gasteiger partial charge >= 0.3 is 6.36 Å². The number of amides is 2. The Labute approximate surface area is 199 Å². The SMILES string of the molecule is CN1CC(C(=O)NC23CC(NC(=O)COC4CC(OC(F)(F)F)C4)(C2)C3)Oc2ccc(Cl)cc21. The number of nitrogens with zero attached hydrogens (tertiary/aromatic N) is 1. The third-order valence-corrected chi connectivity index (χ3v) is 7.19. The number of carbonyl (C=O) groups is 2. The van der Waals surface area contributed by atoms with E-state index in [1.165, 1.54) is 0 Å². The molecule has 34 heavy (non-hydrogen) atoms. The molecule has 2 bridgehead atoms. The standard InChI is InChI=1S/C22H25ClF3N3O5/c1-29-7-17(33-16-3-2-12(23)4-15(16)29)19(31)28-21-9-20(10-21,11-21)27-18(30)8-32-13-5-14(6-13)34-22(24,25)26/h2-4,13-14,17H,5-11H2,1H3,(H,27,30)(H,28,31). The van der Waals surface area contributed by atoms with Crippen molar-refractivity contribution in [3.8, 4) is 5.75 Å². The highest BCUT2D eigenvalue weighted by molar-refractivity contribution is 6.31. The van der Waals surface area contributed by atoms with Gasteiger partial charge in [0.1, 0.15) is 12.4 Å². The molecule has 0 aromatic heterocycles. The summed E-state index contributed by atoms with van der Waals surface area (Å²) in [6.07, 6.45) is -4.53. The number of ether oxygens (including phenoxy) is 3. The van der Waals surface area contributed by atoms with Crippen molar-refractivity contribution in [2.75, 3.05) is 25.1 Å². The van der Waals surface area contributed by atoms with Gasteiger partial charge in [0, 0.05) is 36.0 Å². The van der Waals surface area contributed by atoms with Gasteiger partial charge in [-0.2, -0.15) is 0 Å².